The Labute approximate surface area is 123 Å². The molecule has 0 radical (unpaired) electrons. The summed E-state index contributed by atoms with van der Waals surface area (Å²) in [4.78, 5) is 2.55. The smallest absolute Gasteiger partial charge is 0.123 e. The van der Waals surface area contributed by atoms with Crippen molar-refractivity contribution in [2.24, 2.45) is 5.92 Å². The Morgan fingerprint density at radius 2 is 2.05 bits per heavy atom. The Balaban J connectivity index is 1.96. The third-order valence-corrected chi connectivity index (χ3v) is 3.90. The molecule has 1 unspecified atom stereocenters. The van der Waals surface area contributed by atoms with Crippen molar-refractivity contribution < 1.29 is 4.74 Å². The van der Waals surface area contributed by atoms with Crippen LogP contribution in [0.2, 0.25) is 0 Å². The minimum atomic E-state index is 0.587. The summed E-state index contributed by atoms with van der Waals surface area (Å²) in [6, 6.07) is 9.00. The van der Waals surface area contributed by atoms with E-state index in [2.05, 4.69) is 55.3 Å². The van der Waals surface area contributed by atoms with Gasteiger partial charge < -0.3 is 10.1 Å². The van der Waals surface area contributed by atoms with Crippen molar-refractivity contribution in [3.05, 3.63) is 29.8 Å². The number of benzene rings is 1. The monoisotopic (exact) mass is 276 g/mol. The Morgan fingerprint density at radius 1 is 1.25 bits per heavy atom. The molecule has 0 bridgehead atoms. The molecule has 0 saturated carbocycles. The molecular formula is C17H28N2O. The first-order chi connectivity index (χ1) is 9.70. The zero-order valence-corrected chi connectivity index (χ0v) is 13.1. The van der Waals surface area contributed by atoms with Crippen LogP contribution in [0.1, 0.15) is 32.8 Å². The molecule has 1 heterocycles. The summed E-state index contributed by atoms with van der Waals surface area (Å²) in [5, 5.41) is 3.60. The number of nitrogens with zero attached hydrogens (tertiary/aromatic N) is 1. The van der Waals surface area contributed by atoms with E-state index in [-0.39, 0.29) is 0 Å². The Morgan fingerprint density at radius 3 is 2.80 bits per heavy atom. The number of nitrogens with one attached hydrogen (secondary N) is 1. The zero-order chi connectivity index (χ0) is 14.4. The van der Waals surface area contributed by atoms with Crippen LogP contribution in [0.15, 0.2) is 24.3 Å². The predicted molar refractivity (Wildman–Crippen MR) is 84.1 cm³/mol. The summed E-state index contributed by atoms with van der Waals surface area (Å²) in [7, 11) is 0. The molecular weight excluding hydrogens is 248 g/mol. The second-order valence-electron chi connectivity index (χ2n) is 6.04. The lowest BCUT2D eigenvalue weighted by atomic mass is 10.1. The molecule has 0 saturated heterocycles. The molecule has 2 rings (SSSR count). The fourth-order valence-corrected chi connectivity index (χ4v) is 2.73. The molecule has 0 aliphatic carbocycles. The van der Waals surface area contributed by atoms with Gasteiger partial charge >= 0.3 is 0 Å². The second kappa shape index (κ2) is 7.65. The van der Waals surface area contributed by atoms with E-state index >= 15 is 0 Å². The number of rotatable bonds is 6. The molecule has 1 atom stereocenters. The van der Waals surface area contributed by atoms with Gasteiger partial charge in [0.05, 0.1) is 0 Å². The Bertz CT molecular complexity index is 406. The largest absolute Gasteiger partial charge is 0.492 e. The van der Waals surface area contributed by atoms with Crippen molar-refractivity contribution in [3.8, 4) is 5.75 Å². The molecule has 1 N–H and O–H groups in total. The van der Waals surface area contributed by atoms with Crippen molar-refractivity contribution >= 4 is 0 Å². The summed E-state index contributed by atoms with van der Waals surface area (Å²) in [6.07, 6.45) is 1.17. The fraction of sp³-hybridized carbons (Fsp3) is 0.647. The van der Waals surface area contributed by atoms with Crippen molar-refractivity contribution in [3.63, 3.8) is 0 Å². The van der Waals surface area contributed by atoms with E-state index < -0.39 is 0 Å². The van der Waals surface area contributed by atoms with Crippen LogP contribution in [-0.2, 0) is 6.54 Å². The third-order valence-electron chi connectivity index (χ3n) is 3.90. The maximum Gasteiger partial charge on any atom is 0.123 e. The highest BCUT2D eigenvalue weighted by Gasteiger charge is 2.21. The van der Waals surface area contributed by atoms with Crippen LogP contribution < -0.4 is 10.1 Å². The first kappa shape index (κ1) is 15.3. The summed E-state index contributed by atoms with van der Waals surface area (Å²) in [6.45, 7) is 11.7. The van der Waals surface area contributed by atoms with Crippen LogP contribution in [0, 0.1) is 5.92 Å². The summed E-state index contributed by atoms with van der Waals surface area (Å²) in [5.41, 5.74) is 1.31. The molecule has 1 aromatic rings. The normalized spacial score (nSPS) is 17.4. The summed E-state index contributed by atoms with van der Waals surface area (Å²) < 4.78 is 5.85. The van der Waals surface area contributed by atoms with Gasteiger partial charge in [0.25, 0.3) is 0 Å². The lowest BCUT2D eigenvalue weighted by Gasteiger charge is -2.30. The summed E-state index contributed by atoms with van der Waals surface area (Å²) in [5.74, 6) is 1.76. The van der Waals surface area contributed by atoms with E-state index in [0.29, 0.717) is 12.0 Å². The first-order valence-corrected chi connectivity index (χ1v) is 7.86. The quantitative estimate of drug-likeness (QED) is 0.864. The predicted octanol–water partition coefficient (Wildman–Crippen LogP) is 2.91. The van der Waals surface area contributed by atoms with E-state index in [1.54, 1.807) is 0 Å². The third kappa shape index (κ3) is 4.22. The van der Waals surface area contributed by atoms with Gasteiger partial charge in [0.15, 0.2) is 0 Å². The zero-order valence-electron chi connectivity index (χ0n) is 13.1. The van der Waals surface area contributed by atoms with Crippen LogP contribution in [0.4, 0.5) is 0 Å². The van der Waals surface area contributed by atoms with Gasteiger partial charge in [-0.1, -0.05) is 39.0 Å². The van der Waals surface area contributed by atoms with Gasteiger partial charge in [-0.05, 0) is 24.9 Å². The second-order valence-corrected chi connectivity index (χ2v) is 6.04. The molecule has 0 amide bonds. The van der Waals surface area contributed by atoms with Crippen molar-refractivity contribution in [1.82, 2.24) is 10.2 Å². The number of hydrogen-bond donors (Lipinski definition) is 1. The maximum absolute atomic E-state index is 5.85. The first-order valence-electron chi connectivity index (χ1n) is 7.86. The molecule has 0 aromatic heterocycles. The standard InChI is InChI=1S/C17H28N2O/c1-4-16(12-18-11-14(2)3)19-9-10-20-17-8-6-5-7-15(17)13-19/h5-8,14,16,18H,4,9-13H2,1-3H3. The van der Waals surface area contributed by atoms with Gasteiger partial charge in [0.1, 0.15) is 12.4 Å². The molecule has 20 heavy (non-hydrogen) atoms. The Kier molecular flexibility index (Phi) is 5.86. The number of hydrogen-bond acceptors (Lipinski definition) is 3. The van der Waals surface area contributed by atoms with Gasteiger partial charge in [-0.2, -0.15) is 0 Å². The minimum absolute atomic E-state index is 0.587. The topological polar surface area (TPSA) is 24.5 Å². The van der Waals surface area contributed by atoms with Crippen LogP contribution in [0.25, 0.3) is 0 Å². The van der Waals surface area contributed by atoms with E-state index in [0.717, 1.165) is 38.5 Å². The average molecular weight is 276 g/mol. The highest BCUT2D eigenvalue weighted by atomic mass is 16.5. The fourth-order valence-electron chi connectivity index (χ4n) is 2.73. The number of ether oxygens (including phenoxy) is 1. The average Bonchev–Trinajstić information content (AvgIpc) is 2.65. The lowest BCUT2D eigenvalue weighted by molar-refractivity contribution is 0.161. The van der Waals surface area contributed by atoms with Gasteiger partial charge in [-0.15, -0.1) is 0 Å². The lowest BCUT2D eigenvalue weighted by Crippen LogP contribution is -2.43. The highest BCUT2D eigenvalue weighted by molar-refractivity contribution is 5.33. The van der Waals surface area contributed by atoms with Gasteiger partial charge in [-0.25, -0.2) is 0 Å². The van der Waals surface area contributed by atoms with E-state index in [1.165, 1.54) is 12.0 Å². The highest BCUT2D eigenvalue weighted by Crippen LogP contribution is 2.23. The van der Waals surface area contributed by atoms with Crippen molar-refractivity contribution in [2.45, 2.75) is 39.8 Å². The van der Waals surface area contributed by atoms with Crippen LogP contribution in [0.3, 0.4) is 0 Å². The summed E-state index contributed by atoms with van der Waals surface area (Å²) >= 11 is 0. The van der Waals surface area contributed by atoms with Gasteiger partial charge in [-0.3, -0.25) is 4.90 Å². The van der Waals surface area contributed by atoms with Gasteiger partial charge in [0, 0.05) is 31.2 Å². The molecule has 1 aliphatic heterocycles. The van der Waals surface area contributed by atoms with Crippen molar-refractivity contribution in [2.75, 3.05) is 26.2 Å². The number of para-hydroxylation sites is 1. The van der Waals surface area contributed by atoms with Crippen LogP contribution in [-0.4, -0.2) is 37.2 Å². The molecule has 3 heteroatoms. The molecule has 1 aromatic carbocycles. The number of fused-ring (bicyclic) bond motifs is 1. The van der Waals surface area contributed by atoms with E-state index in [4.69, 9.17) is 4.74 Å². The van der Waals surface area contributed by atoms with Crippen LogP contribution >= 0.6 is 0 Å². The van der Waals surface area contributed by atoms with E-state index in [1.807, 2.05) is 0 Å². The Hall–Kier alpha value is -1.06. The molecule has 0 spiro atoms. The van der Waals surface area contributed by atoms with Crippen molar-refractivity contribution in [1.29, 1.82) is 0 Å². The molecule has 3 nitrogen and oxygen atoms in total. The van der Waals surface area contributed by atoms with E-state index in [9.17, 15) is 0 Å². The molecule has 1 aliphatic rings. The molecule has 112 valence electrons. The molecule has 0 fully saturated rings. The van der Waals surface area contributed by atoms with Gasteiger partial charge in [0.2, 0.25) is 0 Å². The maximum atomic E-state index is 5.85. The van der Waals surface area contributed by atoms with Crippen LogP contribution in [0.5, 0.6) is 5.75 Å². The SMILES string of the molecule is CCC(CNCC(C)C)N1CCOc2ccccc2C1. The minimum Gasteiger partial charge on any atom is -0.492 e.